The molecule has 1 aromatic rings. The summed E-state index contributed by atoms with van der Waals surface area (Å²) in [6.45, 7) is 2.55. The molecule has 1 heterocycles. The van der Waals surface area contributed by atoms with Gasteiger partial charge in [0.2, 0.25) is 0 Å². The normalized spacial score (nSPS) is 21.9. The van der Waals surface area contributed by atoms with E-state index in [0.717, 1.165) is 25.3 Å². The van der Waals surface area contributed by atoms with E-state index in [2.05, 4.69) is 5.32 Å². The van der Waals surface area contributed by atoms with Crippen molar-refractivity contribution in [2.75, 3.05) is 26.2 Å². The lowest BCUT2D eigenvalue weighted by atomic mass is 9.75. The van der Waals surface area contributed by atoms with Gasteiger partial charge in [-0.05, 0) is 30.9 Å². The Morgan fingerprint density at radius 1 is 1.17 bits per heavy atom. The molecule has 1 saturated carbocycles. The number of rotatable bonds is 3. The highest BCUT2D eigenvalue weighted by atomic mass is 19.4. The maximum Gasteiger partial charge on any atom is 0.416 e. The average Bonchev–Trinajstić information content (AvgIpc) is 2.45. The maximum absolute atomic E-state index is 13.8. The van der Waals surface area contributed by atoms with Crippen LogP contribution in [0.4, 0.5) is 17.6 Å². The molecule has 1 atom stereocenters. The van der Waals surface area contributed by atoms with Crippen molar-refractivity contribution in [2.24, 2.45) is 5.92 Å². The second kappa shape index (κ2) is 6.28. The van der Waals surface area contributed by atoms with Gasteiger partial charge >= 0.3 is 6.18 Å². The van der Waals surface area contributed by atoms with Crippen LogP contribution in [-0.2, 0) is 6.18 Å². The van der Waals surface area contributed by atoms with E-state index in [1.165, 1.54) is 0 Å². The zero-order chi connectivity index (χ0) is 16.6. The molecule has 0 radical (unpaired) electrons. The minimum Gasteiger partial charge on any atom is -0.505 e. The molecule has 1 aromatic carbocycles. The molecule has 23 heavy (non-hydrogen) atoms. The minimum absolute atomic E-state index is 0.0295. The first-order chi connectivity index (χ1) is 10.9. The van der Waals surface area contributed by atoms with Gasteiger partial charge in [-0.1, -0.05) is 6.42 Å². The Morgan fingerprint density at radius 3 is 2.35 bits per heavy atom. The number of nitrogens with one attached hydrogen (secondary N) is 1. The summed E-state index contributed by atoms with van der Waals surface area (Å²) in [5.41, 5.74) is -1.21. The molecule has 1 saturated heterocycles. The van der Waals surface area contributed by atoms with Gasteiger partial charge < -0.3 is 10.4 Å². The Hall–Kier alpha value is -1.34. The van der Waals surface area contributed by atoms with Crippen molar-refractivity contribution < 1.29 is 22.7 Å². The summed E-state index contributed by atoms with van der Waals surface area (Å²) < 4.78 is 54.0. The van der Waals surface area contributed by atoms with E-state index in [4.69, 9.17) is 0 Å². The predicted molar refractivity (Wildman–Crippen MR) is 77.6 cm³/mol. The van der Waals surface area contributed by atoms with Crippen molar-refractivity contribution in [3.8, 4) is 5.75 Å². The molecule has 0 bridgehead atoms. The highest BCUT2D eigenvalue weighted by Crippen LogP contribution is 2.49. The van der Waals surface area contributed by atoms with Gasteiger partial charge in [-0.2, -0.15) is 13.2 Å². The summed E-state index contributed by atoms with van der Waals surface area (Å²) in [4.78, 5) is 1.95. The van der Waals surface area contributed by atoms with Gasteiger partial charge in [0.15, 0.2) is 11.6 Å². The third-order valence-corrected chi connectivity index (χ3v) is 4.91. The first-order valence-electron chi connectivity index (χ1n) is 7.93. The molecule has 0 aromatic heterocycles. The van der Waals surface area contributed by atoms with Gasteiger partial charge in [-0.3, -0.25) is 4.90 Å². The average molecular weight is 332 g/mol. The Morgan fingerprint density at radius 2 is 1.83 bits per heavy atom. The number of nitrogens with zero attached hydrogens (tertiary/aromatic N) is 1. The molecule has 128 valence electrons. The first kappa shape index (κ1) is 16.5. The monoisotopic (exact) mass is 332 g/mol. The van der Waals surface area contributed by atoms with Crippen LogP contribution >= 0.6 is 0 Å². The number of hydrogen-bond donors (Lipinski definition) is 2. The molecule has 1 aliphatic carbocycles. The van der Waals surface area contributed by atoms with Crippen LogP contribution in [0.5, 0.6) is 5.75 Å². The van der Waals surface area contributed by atoms with E-state index in [1.54, 1.807) is 0 Å². The standard InChI is InChI=1S/C16H20F4N2O/c17-12-5-4-11(16(18,19)20)13(15(12)23)14(10-2-1-3-10)22-8-6-21-7-9-22/h4-5,10,14,21,23H,1-3,6-9H2/t14-/m1/s1. The predicted octanol–water partition coefficient (Wildman–Crippen LogP) is 3.30. The SMILES string of the molecule is Oc1c(F)ccc(C(F)(F)F)c1[C@@H](C1CCC1)N1CCNCC1. The molecule has 0 spiro atoms. The third kappa shape index (κ3) is 3.17. The molecular weight excluding hydrogens is 312 g/mol. The lowest BCUT2D eigenvalue weighted by Gasteiger charge is -2.44. The summed E-state index contributed by atoms with van der Waals surface area (Å²) in [6, 6.07) is 0.855. The van der Waals surface area contributed by atoms with E-state index < -0.39 is 29.3 Å². The Balaban J connectivity index is 2.09. The maximum atomic E-state index is 13.8. The van der Waals surface area contributed by atoms with Gasteiger partial charge in [-0.15, -0.1) is 0 Å². The van der Waals surface area contributed by atoms with Crippen LogP contribution < -0.4 is 5.32 Å². The highest BCUT2D eigenvalue weighted by molar-refractivity contribution is 5.45. The first-order valence-corrected chi connectivity index (χ1v) is 7.93. The molecule has 2 aliphatic rings. The zero-order valence-electron chi connectivity index (χ0n) is 12.7. The van der Waals surface area contributed by atoms with Crippen LogP contribution in [0.15, 0.2) is 12.1 Å². The minimum atomic E-state index is -4.61. The van der Waals surface area contributed by atoms with E-state index in [0.29, 0.717) is 32.2 Å². The number of alkyl halides is 3. The van der Waals surface area contributed by atoms with Crippen molar-refractivity contribution in [3.63, 3.8) is 0 Å². The topological polar surface area (TPSA) is 35.5 Å². The molecular formula is C16H20F4N2O. The summed E-state index contributed by atoms with van der Waals surface area (Å²) in [5.74, 6) is -1.82. The van der Waals surface area contributed by atoms with E-state index in [-0.39, 0.29) is 11.5 Å². The fraction of sp³-hybridized carbons (Fsp3) is 0.625. The van der Waals surface area contributed by atoms with Gasteiger partial charge in [0.05, 0.1) is 5.56 Å². The Bertz CT molecular complexity index is 566. The van der Waals surface area contributed by atoms with Crippen molar-refractivity contribution >= 4 is 0 Å². The van der Waals surface area contributed by atoms with Crippen LogP contribution in [0.3, 0.4) is 0 Å². The lowest BCUT2D eigenvalue weighted by Crippen LogP contribution is -2.48. The molecule has 3 rings (SSSR count). The van der Waals surface area contributed by atoms with Crippen LogP contribution in [0.2, 0.25) is 0 Å². The molecule has 1 aliphatic heterocycles. The summed E-state index contributed by atoms with van der Waals surface area (Å²) >= 11 is 0. The van der Waals surface area contributed by atoms with Crippen molar-refractivity contribution in [3.05, 3.63) is 29.1 Å². The lowest BCUT2D eigenvalue weighted by molar-refractivity contribution is -0.139. The summed E-state index contributed by atoms with van der Waals surface area (Å²) in [5, 5.41) is 13.3. The molecule has 0 amide bonds. The number of phenols is 1. The molecule has 3 nitrogen and oxygen atoms in total. The van der Waals surface area contributed by atoms with Crippen molar-refractivity contribution in [2.45, 2.75) is 31.5 Å². The van der Waals surface area contributed by atoms with E-state index >= 15 is 0 Å². The summed E-state index contributed by atoms with van der Waals surface area (Å²) in [7, 11) is 0. The summed E-state index contributed by atoms with van der Waals surface area (Å²) in [6.07, 6.45) is -2.04. The number of aromatic hydroxyl groups is 1. The number of halogens is 4. The van der Waals surface area contributed by atoms with E-state index in [1.807, 2.05) is 4.90 Å². The number of hydrogen-bond acceptors (Lipinski definition) is 3. The van der Waals surface area contributed by atoms with Crippen molar-refractivity contribution in [1.29, 1.82) is 0 Å². The highest BCUT2D eigenvalue weighted by Gasteiger charge is 2.43. The largest absolute Gasteiger partial charge is 0.505 e. The van der Waals surface area contributed by atoms with Crippen LogP contribution in [0.25, 0.3) is 0 Å². The van der Waals surface area contributed by atoms with Crippen LogP contribution in [0, 0.1) is 11.7 Å². The van der Waals surface area contributed by atoms with Gasteiger partial charge in [-0.25, -0.2) is 4.39 Å². The van der Waals surface area contributed by atoms with Gasteiger partial charge in [0.25, 0.3) is 0 Å². The van der Waals surface area contributed by atoms with Crippen LogP contribution in [-0.4, -0.2) is 36.2 Å². The second-order valence-corrected chi connectivity index (χ2v) is 6.28. The van der Waals surface area contributed by atoms with Gasteiger partial charge in [0.1, 0.15) is 0 Å². The molecule has 0 unspecified atom stereocenters. The number of benzene rings is 1. The zero-order valence-corrected chi connectivity index (χ0v) is 12.7. The molecule has 2 fully saturated rings. The Kier molecular flexibility index (Phi) is 4.51. The quantitative estimate of drug-likeness (QED) is 0.834. The van der Waals surface area contributed by atoms with Gasteiger partial charge in [0, 0.05) is 37.8 Å². The Labute approximate surface area is 132 Å². The van der Waals surface area contributed by atoms with E-state index in [9.17, 15) is 22.7 Å². The third-order valence-electron chi connectivity index (χ3n) is 4.91. The number of piperazine rings is 1. The fourth-order valence-corrected chi connectivity index (χ4v) is 3.56. The van der Waals surface area contributed by atoms with Crippen molar-refractivity contribution in [1.82, 2.24) is 10.2 Å². The second-order valence-electron chi connectivity index (χ2n) is 6.28. The van der Waals surface area contributed by atoms with Crippen LogP contribution in [0.1, 0.15) is 36.4 Å². The number of phenolic OH excluding ortho intramolecular Hbond substituents is 1. The molecule has 2 N–H and O–H groups in total. The smallest absolute Gasteiger partial charge is 0.416 e. The fourth-order valence-electron chi connectivity index (χ4n) is 3.56. The molecule has 7 heteroatoms.